The Kier molecular flexibility index (Phi) is 39.0. The molecule has 0 aromatic heterocycles. The second-order valence-electron chi connectivity index (χ2n) is 23.5. The summed E-state index contributed by atoms with van der Waals surface area (Å²) in [6, 6.07) is 30.0. The van der Waals surface area contributed by atoms with Crippen molar-refractivity contribution in [1.29, 1.82) is 0 Å². The molecule has 6 nitrogen and oxygen atoms in total. The lowest BCUT2D eigenvalue weighted by Gasteiger charge is -2.24. The fraction of sp³-hybridized carbons (Fsp3) is 0.714. The number of hydrogen-bond donors (Lipinski definition) is 0. The highest BCUT2D eigenvalue weighted by Crippen LogP contribution is 2.36. The second kappa shape index (κ2) is 42.2. The van der Waals surface area contributed by atoms with Gasteiger partial charge in [0.05, 0.1) is 30.7 Å². The summed E-state index contributed by atoms with van der Waals surface area (Å²) in [5.41, 5.74) is 0. The molecule has 0 unspecified atom stereocenters. The summed E-state index contributed by atoms with van der Waals surface area (Å²) in [7, 11) is -0.625. The van der Waals surface area contributed by atoms with Gasteiger partial charge in [-0.3, -0.25) is 0 Å². The van der Waals surface area contributed by atoms with Crippen LogP contribution in [-0.4, -0.2) is 88.0 Å². The molecule has 0 fully saturated rings. The van der Waals surface area contributed by atoms with Crippen LogP contribution in [0, 0.1) is 0 Å². The Hall–Kier alpha value is -1.77. The third-order valence-electron chi connectivity index (χ3n) is 14.7. The molecule has 0 heterocycles. The molecule has 0 aliphatic rings. The van der Waals surface area contributed by atoms with E-state index in [1.807, 2.05) is 0 Å². The Morgan fingerprint density at radius 1 is 0.324 bits per heavy atom. The van der Waals surface area contributed by atoms with Crippen molar-refractivity contribution in [3.05, 3.63) is 72.8 Å². The van der Waals surface area contributed by atoms with Crippen molar-refractivity contribution in [3.8, 4) is 17.2 Å². The van der Waals surface area contributed by atoms with E-state index in [0.717, 1.165) is 37.1 Å². The van der Waals surface area contributed by atoms with Crippen LogP contribution in [0.2, 0.25) is 33.2 Å². The molecule has 0 bridgehead atoms. The van der Waals surface area contributed by atoms with E-state index >= 15 is 0 Å². The van der Waals surface area contributed by atoms with Gasteiger partial charge in [-0.2, -0.15) is 0 Å². The molecule has 0 saturated carbocycles. The molecule has 424 valence electrons. The predicted molar refractivity (Wildman–Crippen MR) is 327 cm³/mol. The predicted octanol–water partition coefficient (Wildman–Crippen LogP) is 13.6. The Morgan fingerprint density at radius 3 is 0.838 bits per heavy atom. The summed E-state index contributed by atoms with van der Waals surface area (Å²) in [4.78, 5) is 3.70. The van der Waals surface area contributed by atoms with Crippen molar-refractivity contribution in [2.45, 2.75) is 245 Å². The van der Waals surface area contributed by atoms with Gasteiger partial charge in [-0.1, -0.05) is 196 Å². The minimum absolute atomic E-state index is 0. The van der Waals surface area contributed by atoms with E-state index in [9.17, 15) is 0 Å². The molecule has 3 rings (SSSR count). The maximum Gasteiger partial charge on any atom is 0.166 e. The van der Waals surface area contributed by atoms with E-state index in [2.05, 4.69) is 135 Å². The van der Waals surface area contributed by atoms with Crippen LogP contribution in [0.25, 0.3) is 0 Å². The van der Waals surface area contributed by atoms with Gasteiger partial charge < -0.3 is 40.8 Å². The lowest BCUT2D eigenvalue weighted by molar-refractivity contribution is -0.0000183. The monoisotopic (exact) mass is 1110 g/mol. The largest absolute Gasteiger partial charge is 1.00 e. The SMILES string of the molecule is CCCCCCCC(C)(C)[SiH2]CCCOCCOc1ccc([S+](c2ccc(OCCOCCC[SiH2]C(C)(C)CCCCCCC)cc2)c2ccc(OCCOCCC[SiH2]C(C)(C)CCCCCCC)cc2)cc1.[Cl-]. The minimum atomic E-state index is -0.338. The number of unbranched alkanes of at least 4 members (excludes halogenated alkanes) is 12. The van der Waals surface area contributed by atoms with Crippen molar-refractivity contribution in [2.24, 2.45) is 0 Å². The van der Waals surface area contributed by atoms with Gasteiger partial charge in [0.1, 0.15) is 37.1 Å². The van der Waals surface area contributed by atoms with Gasteiger partial charge in [-0.05, 0) is 107 Å². The smallest absolute Gasteiger partial charge is 0.166 e. The summed E-state index contributed by atoms with van der Waals surface area (Å²) in [5, 5.41) is 1.70. The van der Waals surface area contributed by atoms with E-state index in [1.54, 1.807) is 0 Å². The average Bonchev–Trinajstić information content (AvgIpc) is 3.37. The van der Waals surface area contributed by atoms with Crippen molar-refractivity contribution >= 4 is 39.5 Å². The van der Waals surface area contributed by atoms with Crippen LogP contribution in [-0.2, 0) is 25.1 Å². The molecule has 0 radical (unpaired) electrons. The summed E-state index contributed by atoms with van der Waals surface area (Å²) < 4.78 is 36.6. The normalized spacial score (nSPS) is 12.9. The lowest BCUT2D eigenvalue weighted by atomic mass is 10.0. The first-order valence-electron chi connectivity index (χ1n) is 30.0. The molecule has 0 aliphatic heterocycles. The van der Waals surface area contributed by atoms with Crippen LogP contribution in [0.1, 0.15) is 197 Å². The molecule has 74 heavy (non-hydrogen) atoms. The van der Waals surface area contributed by atoms with Crippen LogP contribution >= 0.6 is 0 Å². The first-order chi connectivity index (χ1) is 35.4. The van der Waals surface area contributed by atoms with Gasteiger partial charge in [-0.15, -0.1) is 0 Å². The first-order valence-corrected chi connectivity index (χ1v) is 36.4. The summed E-state index contributed by atoms with van der Waals surface area (Å²) in [5.74, 6) is 2.62. The number of benzene rings is 3. The minimum Gasteiger partial charge on any atom is -1.00 e. The van der Waals surface area contributed by atoms with Gasteiger partial charge in [0.25, 0.3) is 0 Å². The fourth-order valence-electron chi connectivity index (χ4n) is 9.80. The van der Waals surface area contributed by atoms with Crippen molar-refractivity contribution in [1.82, 2.24) is 0 Å². The zero-order valence-electron chi connectivity index (χ0n) is 49.1. The van der Waals surface area contributed by atoms with Gasteiger partial charge in [0.15, 0.2) is 14.7 Å². The molecule has 0 N–H and O–H groups in total. The molecule has 0 spiro atoms. The van der Waals surface area contributed by atoms with Crippen LogP contribution < -0.4 is 26.6 Å². The Labute approximate surface area is 472 Å². The zero-order chi connectivity index (χ0) is 52.7. The quantitative estimate of drug-likeness (QED) is 0.0319. The molecular formula is C63H111ClO6SSi3. The second-order valence-corrected chi connectivity index (χ2v) is 34.9. The Balaban J connectivity index is 0.0000187. The van der Waals surface area contributed by atoms with Crippen molar-refractivity contribution < 1.29 is 40.8 Å². The molecular weight excluding hydrogens is 1000 g/mol. The Morgan fingerprint density at radius 2 is 0.581 bits per heavy atom. The molecule has 0 amide bonds. The van der Waals surface area contributed by atoms with Gasteiger partial charge in [-0.25, -0.2) is 0 Å². The maximum atomic E-state index is 6.17. The van der Waals surface area contributed by atoms with E-state index < -0.39 is 0 Å². The topological polar surface area (TPSA) is 55.4 Å². The third kappa shape index (κ3) is 33.5. The van der Waals surface area contributed by atoms with E-state index in [-0.39, 0.29) is 51.9 Å². The molecule has 3 aromatic carbocycles. The summed E-state index contributed by atoms with van der Waals surface area (Å²) >= 11 is 0. The molecule has 3 aromatic rings. The molecule has 0 aliphatic carbocycles. The van der Waals surface area contributed by atoms with Gasteiger partial charge >= 0.3 is 0 Å². The first kappa shape index (κ1) is 68.3. The highest BCUT2D eigenvalue weighted by atomic mass is 35.5. The fourth-order valence-corrected chi connectivity index (χ4v) is 17.6. The summed E-state index contributed by atoms with van der Waals surface area (Å²) in [6.45, 7) is 27.9. The zero-order valence-corrected chi connectivity index (χ0v) is 54.9. The van der Waals surface area contributed by atoms with Crippen LogP contribution in [0.3, 0.4) is 0 Å². The van der Waals surface area contributed by atoms with Gasteiger partial charge in [0.2, 0.25) is 0 Å². The number of halogens is 1. The van der Waals surface area contributed by atoms with Crippen LogP contribution in [0.15, 0.2) is 87.5 Å². The van der Waals surface area contributed by atoms with E-state index in [1.165, 1.54) is 168 Å². The maximum absolute atomic E-state index is 6.17. The molecule has 0 atom stereocenters. The molecule has 0 saturated heterocycles. The van der Waals surface area contributed by atoms with Gasteiger partial charge in [0, 0.05) is 48.4 Å². The lowest BCUT2D eigenvalue weighted by Crippen LogP contribution is -3.00. The average molecular weight is 1120 g/mol. The van der Waals surface area contributed by atoms with Crippen molar-refractivity contribution in [2.75, 3.05) is 59.5 Å². The highest BCUT2D eigenvalue weighted by molar-refractivity contribution is 7.97. The Bertz CT molecular complexity index is 1540. The van der Waals surface area contributed by atoms with E-state index in [0.29, 0.717) is 54.8 Å². The van der Waals surface area contributed by atoms with Crippen LogP contribution in [0.5, 0.6) is 17.2 Å². The standard InChI is InChI=1S/C63H111O6SSi3.ClH/c1-10-13-16-19-22-40-61(4,5)71-52-25-43-64-46-49-67-55-28-34-58(35-29-55)70(59-36-30-56(31-37-59)68-50-47-65-44-26-53-72-62(6,7)41-23-20-17-14-11-2)60-38-32-57(33-39-60)69-51-48-66-45-27-54-73-63(8,9)42-24-21-18-15-12-3;/h28-39H,10-27,40-54,71-73H2,1-9H3;1H/q+1;/p-1. The third-order valence-corrected chi connectivity index (χ3v) is 24.6. The van der Waals surface area contributed by atoms with Crippen molar-refractivity contribution in [3.63, 3.8) is 0 Å². The van der Waals surface area contributed by atoms with E-state index in [4.69, 9.17) is 28.4 Å². The highest BCUT2D eigenvalue weighted by Gasteiger charge is 2.29. The number of ether oxygens (including phenoxy) is 6. The number of hydrogen-bond acceptors (Lipinski definition) is 6. The number of rotatable bonds is 48. The molecule has 11 heteroatoms. The summed E-state index contributed by atoms with van der Waals surface area (Å²) in [6.07, 6.45) is 28.4. The van der Waals surface area contributed by atoms with Crippen LogP contribution in [0.4, 0.5) is 0 Å².